The number of hydrogen-bond acceptors (Lipinski definition) is 3. The van der Waals surface area contributed by atoms with Crippen LogP contribution in [-0.4, -0.2) is 23.3 Å². The van der Waals surface area contributed by atoms with Gasteiger partial charge in [-0.2, -0.15) is 0 Å². The van der Waals surface area contributed by atoms with Gasteiger partial charge in [-0.25, -0.2) is 4.79 Å². The maximum Gasteiger partial charge on any atom is 0.347 e. The molecule has 1 aliphatic rings. The average molecular weight is 491 g/mol. The van der Waals surface area contributed by atoms with Gasteiger partial charge < -0.3 is 14.6 Å². The van der Waals surface area contributed by atoms with Gasteiger partial charge in [0.2, 0.25) is 5.60 Å². The molecule has 0 spiro atoms. The van der Waals surface area contributed by atoms with Crippen LogP contribution in [0.1, 0.15) is 72.8 Å². The van der Waals surface area contributed by atoms with E-state index in [1.807, 2.05) is 39.0 Å². The Balaban J connectivity index is 0.00000222. The number of allylic oxidation sites excluding steroid dienone is 4. The van der Waals surface area contributed by atoms with Gasteiger partial charge in [-0.3, -0.25) is 0 Å². The van der Waals surface area contributed by atoms with E-state index in [2.05, 4.69) is 68.5 Å². The van der Waals surface area contributed by atoms with Crippen molar-refractivity contribution in [1.82, 2.24) is 0 Å². The van der Waals surface area contributed by atoms with Crippen molar-refractivity contribution >= 4 is 12.0 Å². The molecule has 4 nitrogen and oxygen atoms in total. The highest BCUT2D eigenvalue weighted by Crippen LogP contribution is 2.27. The largest absolute Gasteiger partial charge is 0.494 e. The molecule has 1 N–H and O–H groups in total. The molecule has 0 saturated heterocycles. The van der Waals surface area contributed by atoms with Crippen molar-refractivity contribution in [3.63, 3.8) is 0 Å². The molecular weight excluding hydrogens is 448 g/mol. The van der Waals surface area contributed by atoms with Gasteiger partial charge in [0.05, 0.1) is 11.5 Å². The number of carboxylic acids is 1. The molecule has 2 aromatic rings. The number of benzene rings is 2. The molecular formula is C32H42O4. The Morgan fingerprint density at radius 1 is 0.972 bits per heavy atom. The summed E-state index contributed by atoms with van der Waals surface area (Å²) in [7, 11) is 0. The maximum absolute atomic E-state index is 11.6. The second kappa shape index (κ2) is 14.3. The number of aliphatic carboxylic acids is 1. The molecule has 1 aliphatic carbocycles. The molecule has 1 atom stereocenters. The quantitative estimate of drug-likeness (QED) is 0.362. The summed E-state index contributed by atoms with van der Waals surface area (Å²) in [5, 5.41) is 9.48. The van der Waals surface area contributed by atoms with Gasteiger partial charge in [-0.1, -0.05) is 95.3 Å². The molecule has 1 unspecified atom stereocenters. The van der Waals surface area contributed by atoms with Crippen LogP contribution in [-0.2, 0) is 14.3 Å². The van der Waals surface area contributed by atoms with Crippen LogP contribution in [0.2, 0.25) is 0 Å². The Morgan fingerprint density at radius 3 is 2.14 bits per heavy atom. The zero-order valence-corrected chi connectivity index (χ0v) is 22.7. The van der Waals surface area contributed by atoms with E-state index in [9.17, 15) is 9.90 Å². The molecule has 0 fully saturated rings. The third kappa shape index (κ3) is 8.44. The van der Waals surface area contributed by atoms with Gasteiger partial charge in [0, 0.05) is 12.8 Å². The van der Waals surface area contributed by atoms with E-state index >= 15 is 0 Å². The highest BCUT2D eigenvalue weighted by atomic mass is 16.5. The Hall–Kier alpha value is -3.27. The maximum atomic E-state index is 11.6. The van der Waals surface area contributed by atoms with Crippen LogP contribution < -0.4 is 0 Å². The summed E-state index contributed by atoms with van der Waals surface area (Å²) in [6.07, 6.45) is 8.76. The van der Waals surface area contributed by atoms with Gasteiger partial charge in [-0.15, -0.1) is 0 Å². The van der Waals surface area contributed by atoms with Crippen LogP contribution >= 0.6 is 0 Å². The fourth-order valence-corrected chi connectivity index (χ4v) is 3.72. The highest BCUT2D eigenvalue weighted by Gasteiger charge is 2.34. The van der Waals surface area contributed by atoms with Gasteiger partial charge in [0.15, 0.2) is 0 Å². The fraction of sp³-hybridized carbons (Fsp3) is 0.406. The van der Waals surface area contributed by atoms with Gasteiger partial charge >= 0.3 is 5.97 Å². The lowest BCUT2D eigenvalue weighted by Gasteiger charge is -2.26. The summed E-state index contributed by atoms with van der Waals surface area (Å²) in [5.74, 6) is 1.01. The van der Waals surface area contributed by atoms with E-state index in [0.717, 1.165) is 24.2 Å². The molecule has 4 heteroatoms. The first kappa shape index (κ1) is 29.0. The monoisotopic (exact) mass is 490 g/mol. The second-order valence-corrected chi connectivity index (χ2v) is 9.26. The van der Waals surface area contributed by atoms with E-state index in [1.54, 1.807) is 6.92 Å². The van der Waals surface area contributed by atoms with E-state index in [4.69, 9.17) is 9.47 Å². The van der Waals surface area contributed by atoms with Gasteiger partial charge in [0.25, 0.3) is 0 Å². The number of carboxylic acid groups (broad SMARTS) is 1. The van der Waals surface area contributed by atoms with Crippen LogP contribution in [0.25, 0.3) is 17.2 Å². The van der Waals surface area contributed by atoms with Crippen LogP contribution in [0.3, 0.4) is 0 Å². The molecule has 0 amide bonds. The van der Waals surface area contributed by atoms with Crippen molar-refractivity contribution in [3.8, 4) is 11.1 Å². The normalized spacial score (nSPS) is 15.5. The van der Waals surface area contributed by atoms with Crippen molar-refractivity contribution in [2.45, 2.75) is 72.8 Å². The Bertz CT molecular complexity index is 1050. The molecule has 0 aromatic heterocycles. The third-order valence-electron chi connectivity index (χ3n) is 6.32. The zero-order valence-electron chi connectivity index (χ0n) is 22.7. The SMILES string of the molecule is CC.CCC(C)(OC1=CC=C(OC/C(=C/c2ccc(-c3ccccc3)cc2)C(C)C)CCC1)C(=O)O. The van der Waals surface area contributed by atoms with Crippen molar-refractivity contribution in [1.29, 1.82) is 0 Å². The number of ether oxygens (including phenoxy) is 2. The van der Waals surface area contributed by atoms with E-state index in [1.165, 1.54) is 16.7 Å². The first-order chi connectivity index (χ1) is 17.3. The highest BCUT2D eigenvalue weighted by molar-refractivity contribution is 5.77. The Morgan fingerprint density at radius 2 is 1.56 bits per heavy atom. The van der Waals surface area contributed by atoms with Crippen molar-refractivity contribution in [2.75, 3.05) is 6.61 Å². The predicted molar refractivity (Wildman–Crippen MR) is 149 cm³/mol. The average Bonchev–Trinajstić information content (AvgIpc) is 3.13. The lowest BCUT2D eigenvalue weighted by molar-refractivity contribution is -0.159. The molecule has 0 heterocycles. The van der Waals surface area contributed by atoms with Crippen LogP contribution in [0, 0.1) is 5.92 Å². The van der Waals surface area contributed by atoms with E-state index < -0.39 is 11.6 Å². The van der Waals surface area contributed by atoms with Crippen molar-refractivity contribution in [2.24, 2.45) is 5.92 Å². The van der Waals surface area contributed by atoms with Gasteiger partial charge in [0.1, 0.15) is 6.61 Å². The first-order valence-corrected chi connectivity index (χ1v) is 13.1. The summed E-state index contributed by atoms with van der Waals surface area (Å²) < 4.78 is 12.0. The molecule has 0 aliphatic heterocycles. The molecule has 0 bridgehead atoms. The minimum absolute atomic E-state index is 0.357. The standard InChI is InChI=1S/C30H36O4.C2H6/c1-5-30(4,29(31)32)34-28-13-9-12-27(18-19-28)33-21-26(22(2)3)20-23-14-16-25(17-15-23)24-10-7-6-8-11-24;1-2/h6-8,10-11,14-20,22H,5,9,12-13,21H2,1-4H3,(H,31,32);1-2H3/b26-20-;. The smallest absolute Gasteiger partial charge is 0.347 e. The third-order valence-corrected chi connectivity index (χ3v) is 6.32. The second-order valence-electron chi connectivity index (χ2n) is 9.26. The molecule has 3 rings (SSSR count). The number of hydrogen-bond donors (Lipinski definition) is 1. The summed E-state index contributed by atoms with van der Waals surface area (Å²) in [6.45, 7) is 12.3. The number of rotatable bonds is 10. The molecule has 0 saturated carbocycles. The zero-order chi connectivity index (χ0) is 26.6. The van der Waals surface area contributed by atoms with E-state index in [0.29, 0.717) is 31.1 Å². The van der Waals surface area contributed by atoms with Gasteiger partial charge in [-0.05, 0) is 60.1 Å². The Kier molecular flexibility index (Phi) is 11.5. The van der Waals surface area contributed by atoms with Crippen molar-refractivity contribution < 1.29 is 19.4 Å². The lowest BCUT2D eigenvalue weighted by atomic mass is 9.99. The summed E-state index contributed by atoms with van der Waals surface area (Å²) in [4.78, 5) is 11.6. The number of carbonyl (C=O) groups is 1. The van der Waals surface area contributed by atoms with E-state index in [-0.39, 0.29) is 0 Å². The topological polar surface area (TPSA) is 55.8 Å². The first-order valence-electron chi connectivity index (χ1n) is 13.1. The van der Waals surface area contributed by atoms with Crippen LogP contribution in [0.4, 0.5) is 0 Å². The Labute approximate surface area is 217 Å². The predicted octanol–water partition coefficient (Wildman–Crippen LogP) is 8.66. The molecule has 0 radical (unpaired) electrons. The summed E-state index contributed by atoms with van der Waals surface area (Å²) in [5.41, 5.74) is 3.60. The summed E-state index contributed by atoms with van der Waals surface area (Å²) >= 11 is 0. The molecule has 2 aromatic carbocycles. The lowest BCUT2D eigenvalue weighted by Crippen LogP contribution is -2.37. The summed E-state index contributed by atoms with van der Waals surface area (Å²) in [6, 6.07) is 19.0. The fourth-order valence-electron chi connectivity index (χ4n) is 3.72. The minimum Gasteiger partial charge on any atom is -0.494 e. The van der Waals surface area contributed by atoms with Crippen molar-refractivity contribution in [3.05, 3.63) is 89.4 Å². The minimum atomic E-state index is -1.20. The molecule has 36 heavy (non-hydrogen) atoms. The van der Waals surface area contributed by atoms with Crippen LogP contribution in [0.15, 0.2) is 83.8 Å². The molecule has 194 valence electrons. The van der Waals surface area contributed by atoms with Crippen LogP contribution in [0.5, 0.6) is 0 Å².